The number of hydrogen-bond donors (Lipinski definition) is 0. The average molecular weight is 217 g/mol. The molecule has 1 aromatic rings. The molecule has 1 aromatic carbocycles. The van der Waals surface area contributed by atoms with Gasteiger partial charge in [-0.15, -0.1) is 0 Å². The zero-order valence-corrected chi connectivity index (χ0v) is 10.00. The highest BCUT2D eigenvalue weighted by atomic mass is 16.2. The Kier molecular flexibility index (Phi) is 2.15. The standard InChI is InChI=1S/C13H15NO2/c1-8(15)9-5-6-11-10(7-9)13(2,3)12(16)14(11)4/h5-7H,1-4H3. The molecular formula is C13H15NO2. The summed E-state index contributed by atoms with van der Waals surface area (Å²) < 4.78 is 0. The van der Waals surface area contributed by atoms with Crippen LogP contribution in [-0.4, -0.2) is 18.7 Å². The lowest BCUT2D eigenvalue weighted by Gasteiger charge is -2.16. The normalized spacial score (nSPS) is 17.5. The molecule has 0 aliphatic carbocycles. The van der Waals surface area contributed by atoms with Gasteiger partial charge in [-0.1, -0.05) is 0 Å². The van der Waals surface area contributed by atoms with E-state index in [4.69, 9.17) is 0 Å². The number of fused-ring (bicyclic) bond motifs is 1. The van der Waals surface area contributed by atoms with Gasteiger partial charge in [-0.2, -0.15) is 0 Å². The van der Waals surface area contributed by atoms with E-state index in [1.165, 1.54) is 6.92 Å². The van der Waals surface area contributed by atoms with Crippen LogP contribution in [0, 0.1) is 0 Å². The van der Waals surface area contributed by atoms with Crippen LogP contribution in [0.4, 0.5) is 5.69 Å². The summed E-state index contributed by atoms with van der Waals surface area (Å²) in [6, 6.07) is 5.45. The molecule has 1 aliphatic rings. The van der Waals surface area contributed by atoms with Crippen molar-refractivity contribution >= 4 is 17.4 Å². The predicted molar refractivity (Wildman–Crippen MR) is 62.9 cm³/mol. The Morgan fingerprint density at radius 2 is 1.94 bits per heavy atom. The molecule has 1 aliphatic heterocycles. The fraction of sp³-hybridized carbons (Fsp3) is 0.385. The maximum atomic E-state index is 12.0. The molecule has 2 rings (SSSR count). The molecule has 84 valence electrons. The third-order valence-electron chi connectivity index (χ3n) is 3.28. The fourth-order valence-corrected chi connectivity index (χ4v) is 2.19. The Labute approximate surface area is 95.1 Å². The zero-order valence-electron chi connectivity index (χ0n) is 10.00. The number of ketones is 1. The first-order valence-electron chi connectivity index (χ1n) is 5.29. The van der Waals surface area contributed by atoms with Crippen LogP contribution in [0.15, 0.2) is 18.2 Å². The summed E-state index contributed by atoms with van der Waals surface area (Å²) in [6.45, 7) is 5.32. The third-order valence-corrected chi connectivity index (χ3v) is 3.28. The van der Waals surface area contributed by atoms with Crippen molar-refractivity contribution in [2.24, 2.45) is 0 Å². The van der Waals surface area contributed by atoms with Gasteiger partial charge in [-0.25, -0.2) is 0 Å². The van der Waals surface area contributed by atoms with E-state index in [-0.39, 0.29) is 11.7 Å². The summed E-state index contributed by atoms with van der Waals surface area (Å²) in [5.41, 5.74) is 1.97. The summed E-state index contributed by atoms with van der Waals surface area (Å²) in [4.78, 5) is 25.0. The van der Waals surface area contributed by atoms with Crippen molar-refractivity contribution in [3.05, 3.63) is 29.3 Å². The summed E-state index contributed by atoms with van der Waals surface area (Å²) >= 11 is 0. The highest BCUT2D eigenvalue weighted by Gasteiger charge is 2.42. The molecule has 0 radical (unpaired) electrons. The quantitative estimate of drug-likeness (QED) is 0.676. The molecule has 3 nitrogen and oxygen atoms in total. The van der Waals surface area contributed by atoms with E-state index in [0.717, 1.165) is 11.3 Å². The molecule has 0 unspecified atom stereocenters. The van der Waals surface area contributed by atoms with Crippen LogP contribution in [0.25, 0.3) is 0 Å². The topological polar surface area (TPSA) is 37.4 Å². The number of likely N-dealkylation sites (N-methyl/N-ethyl adjacent to an activating group) is 1. The molecule has 0 atom stereocenters. The van der Waals surface area contributed by atoms with Gasteiger partial charge in [0.2, 0.25) is 5.91 Å². The SMILES string of the molecule is CC(=O)c1ccc2c(c1)C(C)(C)C(=O)N2C. The van der Waals surface area contributed by atoms with Gasteiger partial charge in [0, 0.05) is 18.3 Å². The molecule has 0 aromatic heterocycles. The Balaban J connectivity index is 2.65. The Hall–Kier alpha value is -1.64. The summed E-state index contributed by atoms with van der Waals surface area (Å²) in [5.74, 6) is 0.101. The highest BCUT2D eigenvalue weighted by molar-refractivity contribution is 6.08. The van der Waals surface area contributed by atoms with Crippen molar-refractivity contribution in [2.45, 2.75) is 26.2 Å². The number of benzene rings is 1. The number of hydrogen-bond acceptors (Lipinski definition) is 2. The number of Topliss-reactive ketones (excluding diaryl/α,β-unsaturated/α-hetero) is 1. The van der Waals surface area contributed by atoms with E-state index in [0.29, 0.717) is 5.56 Å². The number of carbonyl (C=O) groups is 2. The van der Waals surface area contributed by atoms with Crippen molar-refractivity contribution in [1.82, 2.24) is 0 Å². The second-order valence-corrected chi connectivity index (χ2v) is 4.78. The Morgan fingerprint density at radius 3 is 2.50 bits per heavy atom. The molecular weight excluding hydrogens is 202 g/mol. The van der Waals surface area contributed by atoms with Crippen molar-refractivity contribution in [2.75, 3.05) is 11.9 Å². The molecule has 16 heavy (non-hydrogen) atoms. The zero-order chi connectivity index (χ0) is 12.1. The molecule has 0 saturated carbocycles. The molecule has 0 spiro atoms. The molecule has 0 N–H and O–H groups in total. The summed E-state index contributed by atoms with van der Waals surface area (Å²) in [7, 11) is 1.77. The van der Waals surface area contributed by atoms with Crippen LogP contribution in [0.5, 0.6) is 0 Å². The fourth-order valence-electron chi connectivity index (χ4n) is 2.19. The lowest BCUT2D eigenvalue weighted by atomic mass is 9.85. The number of carbonyl (C=O) groups excluding carboxylic acids is 2. The van der Waals surface area contributed by atoms with Gasteiger partial charge in [0.15, 0.2) is 5.78 Å². The second-order valence-electron chi connectivity index (χ2n) is 4.78. The monoisotopic (exact) mass is 217 g/mol. The van der Waals surface area contributed by atoms with Gasteiger partial charge in [-0.05, 0) is 44.5 Å². The van der Waals surface area contributed by atoms with E-state index >= 15 is 0 Å². The van der Waals surface area contributed by atoms with E-state index in [1.807, 2.05) is 26.0 Å². The third kappa shape index (κ3) is 1.28. The largest absolute Gasteiger partial charge is 0.314 e. The highest BCUT2D eigenvalue weighted by Crippen LogP contribution is 2.40. The van der Waals surface area contributed by atoms with Crippen LogP contribution in [-0.2, 0) is 10.2 Å². The van der Waals surface area contributed by atoms with E-state index in [9.17, 15) is 9.59 Å². The predicted octanol–water partition coefficient (Wildman–Crippen LogP) is 2.14. The van der Waals surface area contributed by atoms with Crippen LogP contribution in [0.1, 0.15) is 36.7 Å². The first-order valence-corrected chi connectivity index (χ1v) is 5.29. The maximum absolute atomic E-state index is 12.0. The molecule has 3 heteroatoms. The summed E-state index contributed by atoms with van der Waals surface area (Å²) in [6.07, 6.45) is 0. The van der Waals surface area contributed by atoms with Crippen LogP contribution < -0.4 is 4.90 Å². The van der Waals surface area contributed by atoms with E-state index in [2.05, 4.69) is 0 Å². The van der Waals surface area contributed by atoms with Crippen LogP contribution >= 0.6 is 0 Å². The van der Waals surface area contributed by atoms with E-state index in [1.54, 1.807) is 18.0 Å². The lowest BCUT2D eigenvalue weighted by Crippen LogP contribution is -2.33. The minimum absolute atomic E-state index is 0.0283. The van der Waals surface area contributed by atoms with Crippen molar-refractivity contribution in [3.8, 4) is 0 Å². The molecule has 0 bridgehead atoms. The average Bonchev–Trinajstić information content (AvgIpc) is 2.40. The summed E-state index contributed by atoms with van der Waals surface area (Å²) in [5, 5.41) is 0. The smallest absolute Gasteiger partial charge is 0.236 e. The van der Waals surface area contributed by atoms with Crippen molar-refractivity contribution in [3.63, 3.8) is 0 Å². The molecule has 1 amide bonds. The minimum Gasteiger partial charge on any atom is -0.314 e. The Morgan fingerprint density at radius 1 is 1.31 bits per heavy atom. The number of anilines is 1. The molecule has 1 heterocycles. The van der Waals surface area contributed by atoms with Crippen molar-refractivity contribution < 1.29 is 9.59 Å². The number of nitrogens with zero attached hydrogens (tertiary/aromatic N) is 1. The number of rotatable bonds is 1. The van der Waals surface area contributed by atoms with Gasteiger partial charge < -0.3 is 4.90 Å². The lowest BCUT2D eigenvalue weighted by molar-refractivity contribution is -0.121. The Bertz CT molecular complexity index is 489. The van der Waals surface area contributed by atoms with Crippen LogP contribution in [0.3, 0.4) is 0 Å². The van der Waals surface area contributed by atoms with Gasteiger partial charge in [-0.3, -0.25) is 9.59 Å². The minimum atomic E-state index is -0.532. The number of amides is 1. The molecule has 0 saturated heterocycles. The first-order chi connectivity index (χ1) is 7.35. The van der Waals surface area contributed by atoms with Gasteiger partial charge in [0.05, 0.1) is 5.41 Å². The van der Waals surface area contributed by atoms with Crippen molar-refractivity contribution in [1.29, 1.82) is 0 Å². The van der Waals surface area contributed by atoms with Gasteiger partial charge in [0.1, 0.15) is 0 Å². The second kappa shape index (κ2) is 3.17. The van der Waals surface area contributed by atoms with Gasteiger partial charge >= 0.3 is 0 Å². The maximum Gasteiger partial charge on any atom is 0.236 e. The van der Waals surface area contributed by atoms with Gasteiger partial charge in [0.25, 0.3) is 0 Å². The van der Waals surface area contributed by atoms with E-state index < -0.39 is 5.41 Å². The van der Waals surface area contributed by atoms with Crippen LogP contribution in [0.2, 0.25) is 0 Å². The first kappa shape index (κ1) is 10.9. The molecule has 0 fully saturated rings.